The number of sulfonamides is 1. The van der Waals surface area contributed by atoms with Crippen LogP contribution in [0.1, 0.15) is 27.4 Å². The van der Waals surface area contributed by atoms with Crippen LogP contribution in [0.5, 0.6) is 0 Å². The van der Waals surface area contributed by atoms with Crippen molar-refractivity contribution in [1.82, 2.24) is 24.8 Å². The van der Waals surface area contributed by atoms with Gasteiger partial charge >= 0.3 is 0 Å². The number of benzene rings is 1. The number of aromatic nitrogens is 3. The Bertz CT molecular complexity index is 1150. The SMILES string of the molecule is Cc1cc(C)n(-c2ccc(Cl)c(C(=O)NCCS(=O)(=O)NCc3ccccc3)n2)n1. The van der Waals surface area contributed by atoms with Gasteiger partial charge in [0, 0.05) is 18.8 Å². The van der Waals surface area contributed by atoms with Gasteiger partial charge in [-0.1, -0.05) is 41.9 Å². The molecule has 2 aromatic heterocycles. The van der Waals surface area contributed by atoms with Gasteiger partial charge in [-0.2, -0.15) is 5.10 Å². The lowest BCUT2D eigenvalue weighted by Crippen LogP contribution is -2.34. The predicted molar refractivity (Wildman–Crippen MR) is 115 cm³/mol. The second-order valence-electron chi connectivity index (χ2n) is 6.72. The molecule has 1 aromatic carbocycles. The van der Waals surface area contributed by atoms with Crippen LogP contribution in [0.3, 0.4) is 0 Å². The van der Waals surface area contributed by atoms with Crippen molar-refractivity contribution in [3.05, 3.63) is 76.2 Å². The zero-order chi connectivity index (χ0) is 21.7. The zero-order valence-corrected chi connectivity index (χ0v) is 18.2. The second kappa shape index (κ2) is 9.38. The van der Waals surface area contributed by atoms with Gasteiger partial charge in [-0.15, -0.1) is 0 Å². The molecule has 3 aromatic rings. The van der Waals surface area contributed by atoms with E-state index in [0.29, 0.717) is 5.82 Å². The fraction of sp³-hybridized carbons (Fsp3) is 0.250. The largest absolute Gasteiger partial charge is 0.350 e. The summed E-state index contributed by atoms with van der Waals surface area (Å²) in [7, 11) is -3.55. The number of hydrogen-bond donors (Lipinski definition) is 2. The first-order valence-corrected chi connectivity index (χ1v) is 11.3. The molecule has 2 heterocycles. The Morgan fingerprint density at radius 3 is 2.53 bits per heavy atom. The summed E-state index contributed by atoms with van der Waals surface area (Å²) in [6, 6.07) is 14.3. The molecule has 0 fully saturated rings. The average Bonchev–Trinajstić information content (AvgIpc) is 3.05. The van der Waals surface area contributed by atoms with E-state index in [1.165, 1.54) is 0 Å². The number of aryl methyl sites for hydroxylation is 2. The van der Waals surface area contributed by atoms with Crippen molar-refractivity contribution in [2.75, 3.05) is 12.3 Å². The first kappa shape index (κ1) is 21.9. The average molecular weight is 448 g/mol. The third-order valence-electron chi connectivity index (χ3n) is 4.27. The van der Waals surface area contributed by atoms with Gasteiger partial charge in [0.25, 0.3) is 5.91 Å². The third kappa shape index (κ3) is 5.65. The Kier molecular flexibility index (Phi) is 6.86. The summed E-state index contributed by atoms with van der Waals surface area (Å²) in [5, 5.41) is 7.07. The number of rotatable bonds is 8. The highest BCUT2D eigenvalue weighted by Crippen LogP contribution is 2.17. The topological polar surface area (TPSA) is 106 Å². The van der Waals surface area contributed by atoms with E-state index in [9.17, 15) is 13.2 Å². The van der Waals surface area contributed by atoms with Gasteiger partial charge in [0.2, 0.25) is 10.0 Å². The molecule has 0 unspecified atom stereocenters. The Balaban J connectivity index is 1.60. The zero-order valence-electron chi connectivity index (χ0n) is 16.6. The van der Waals surface area contributed by atoms with Crippen LogP contribution in [0.15, 0.2) is 48.5 Å². The number of hydrogen-bond acceptors (Lipinski definition) is 5. The van der Waals surface area contributed by atoms with Crippen molar-refractivity contribution in [2.24, 2.45) is 0 Å². The fourth-order valence-corrected chi connectivity index (χ4v) is 3.91. The molecule has 0 aliphatic heterocycles. The lowest BCUT2D eigenvalue weighted by molar-refractivity contribution is 0.0951. The molecule has 0 radical (unpaired) electrons. The van der Waals surface area contributed by atoms with Crippen molar-refractivity contribution in [3.63, 3.8) is 0 Å². The normalized spacial score (nSPS) is 11.4. The van der Waals surface area contributed by atoms with Gasteiger partial charge in [0.1, 0.15) is 5.69 Å². The fourth-order valence-electron chi connectivity index (χ4n) is 2.81. The molecule has 158 valence electrons. The molecule has 2 N–H and O–H groups in total. The van der Waals surface area contributed by atoms with Crippen LogP contribution in [0.4, 0.5) is 0 Å². The Hall–Kier alpha value is -2.75. The minimum absolute atomic E-state index is 0.0105. The molecule has 0 saturated carbocycles. The van der Waals surface area contributed by atoms with E-state index in [2.05, 4.69) is 20.1 Å². The van der Waals surface area contributed by atoms with E-state index < -0.39 is 15.9 Å². The molecule has 0 aliphatic carbocycles. The maximum atomic E-state index is 12.5. The molecule has 0 saturated heterocycles. The Morgan fingerprint density at radius 2 is 1.87 bits per heavy atom. The molecule has 1 amide bonds. The molecule has 0 aliphatic rings. The smallest absolute Gasteiger partial charge is 0.271 e. The van der Waals surface area contributed by atoms with Gasteiger partial charge in [-0.05, 0) is 37.6 Å². The number of carbonyl (C=O) groups excluding carboxylic acids is 1. The molecular formula is C20H22ClN5O3S. The molecular weight excluding hydrogens is 426 g/mol. The quantitative estimate of drug-likeness (QED) is 0.551. The van der Waals surface area contributed by atoms with Gasteiger partial charge < -0.3 is 5.32 Å². The van der Waals surface area contributed by atoms with Gasteiger partial charge in [-0.25, -0.2) is 22.8 Å². The van der Waals surface area contributed by atoms with E-state index >= 15 is 0 Å². The van der Waals surface area contributed by atoms with E-state index in [1.54, 1.807) is 16.8 Å². The minimum atomic E-state index is -3.55. The van der Waals surface area contributed by atoms with Gasteiger partial charge in [0.15, 0.2) is 5.82 Å². The van der Waals surface area contributed by atoms with E-state index in [1.807, 2.05) is 50.2 Å². The third-order valence-corrected chi connectivity index (χ3v) is 5.90. The number of nitrogens with zero attached hydrogens (tertiary/aromatic N) is 3. The van der Waals surface area contributed by atoms with Crippen molar-refractivity contribution < 1.29 is 13.2 Å². The summed E-state index contributed by atoms with van der Waals surface area (Å²) in [5.41, 5.74) is 2.55. The molecule has 8 nitrogen and oxygen atoms in total. The predicted octanol–water partition coefficient (Wildman–Crippen LogP) is 2.39. The Labute approximate surface area is 180 Å². The second-order valence-corrected chi connectivity index (χ2v) is 9.05. The molecule has 10 heteroatoms. The van der Waals surface area contributed by atoms with Crippen molar-refractivity contribution in [2.45, 2.75) is 20.4 Å². The van der Waals surface area contributed by atoms with Gasteiger partial charge in [-0.3, -0.25) is 4.79 Å². The molecule has 0 spiro atoms. The highest BCUT2D eigenvalue weighted by molar-refractivity contribution is 7.89. The summed E-state index contributed by atoms with van der Waals surface area (Å²) in [6.07, 6.45) is 0. The van der Waals surface area contributed by atoms with Crippen LogP contribution in [0.2, 0.25) is 5.02 Å². The maximum Gasteiger partial charge on any atom is 0.271 e. The molecule has 30 heavy (non-hydrogen) atoms. The van der Waals surface area contributed by atoms with E-state index in [-0.39, 0.29) is 29.6 Å². The number of halogens is 1. The van der Waals surface area contributed by atoms with E-state index in [0.717, 1.165) is 17.0 Å². The number of carbonyl (C=O) groups is 1. The highest BCUT2D eigenvalue weighted by atomic mass is 35.5. The van der Waals surface area contributed by atoms with Crippen LogP contribution in [0.25, 0.3) is 5.82 Å². The van der Waals surface area contributed by atoms with Crippen LogP contribution < -0.4 is 10.0 Å². The first-order valence-electron chi connectivity index (χ1n) is 9.25. The summed E-state index contributed by atoms with van der Waals surface area (Å²) in [5.74, 6) is -0.366. The van der Waals surface area contributed by atoms with E-state index in [4.69, 9.17) is 11.6 Å². The minimum Gasteiger partial charge on any atom is -0.350 e. The maximum absolute atomic E-state index is 12.5. The van der Waals surface area contributed by atoms with Crippen molar-refractivity contribution in [3.8, 4) is 5.82 Å². The lowest BCUT2D eigenvalue weighted by Gasteiger charge is -2.10. The molecule has 3 rings (SSSR count). The monoisotopic (exact) mass is 447 g/mol. The number of pyridine rings is 1. The summed E-state index contributed by atoms with van der Waals surface area (Å²) in [6.45, 7) is 3.85. The summed E-state index contributed by atoms with van der Waals surface area (Å²) >= 11 is 6.13. The van der Waals surface area contributed by atoms with Gasteiger partial charge in [0.05, 0.1) is 16.5 Å². The van der Waals surface area contributed by atoms with Crippen LogP contribution in [-0.2, 0) is 16.6 Å². The van der Waals surface area contributed by atoms with Crippen LogP contribution in [0, 0.1) is 13.8 Å². The van der Waals surface area contributed by atoms with Crippen molar-refractivity contribution in [1.29, 1.82) is 0 Å². The first-order chi connectivity index (χ1) is 14.2. The molecule has 0 bridgehead atoms. The highest BCUT2D eigenvalue weighted by Gasteiger charge is 2.17. The molecule has 0 atom stereocenters. The van der Waals surface area contributed by atoms with Crippen LogP contribution >= 0.6 is 11.6 Å². The summed E-state index contributed by atoms with van der Waals surface area (Å²) < 4.78 is 28.4. The summed E-state index contributed by atoms with van der Waals surface area (Å²) in [4.78, 5) is 16.8. The standard InChI is InChI=1S/C20H22ClN5O3S/c1-14-12-15(2)26(25-14)18-9-8-17(21)19(24-18)20(27)22-10-11-30(28,29)23-13-16-6-4-3-5-7-16/h3-9,12,23H,10-11,13H2,1-2H3,(H,22,27). The number of nitrogens with one attached hydrogen (secondary N) is 2. The lowest BCUT2D eigenvalue weighted by atomic mass is 10.2. The van der Waals surface area contributed by atoms with Crippen molar-refractivity contribution >= 4 is 27.5 Å². The Morgan fingerprint density at radius 1 is 1.13 bits per heavy atom. The number of amides is 1. The van der Waals surface area contributed by atoms with Crippen LogP contribution in [-0.4, -0.2) is 41.4 Å².